The summed E-state index contributed by atoms with van der Waals surface area (Å²) in [6, 6.07) is 0. The molecule has 0 radical (unpaired) electrons. The van der Waals surface area contributed by atoms with Crippen molar-refractivity contribution in [2.24, 2.45) is 0 Å². The third kappa shape index (κ3) is 38.3. The van der Waals surface area contributed by atoms with Gasteiger partial charge in [-0.1, -0.05) is 132 Å². The van der Waals surface area contributed by atoms with E-state index < -0.39 is 57.9 Å². The van der Waals surface area contributed by atoms with E-state index in [1.807, 2.05) is 18.2 Å². The van der Waals surface area contributed by atoms with Crippen LogP contribution in [0, 0.1) is 0 Å². The molecule has 0 aromatic heterocycles. The predicted molar refractivity (Wildman–Crippen MR) is 225 cm³/mol. The minimum absolute atomic E-state index is 0.0426. The number of hydrogen-bond donors (Lipinski definition) is 4. The van der Waals surface area contributed by atoms with Gasteiger partial charge in [0.05, 0.1) is 25.9 Å². The largest absolute Gasteiger partial charge is 0.472 e. The number of carbonyl (C=O) groups excluding carboxylic acids is 2. The van der Waals surface area contributed by atoms with Gasteiger partial charge in [-0.15, -0.1) is 0 Å². The van der Waals surface area contributed by atoms with Crippen molar-refractivity contribution in [1.29, 1.82) is 0 Å². The number of aliphatic hydroxyl groups is 3. The second kappa shape index (κ2) is 39.2. The van der Waals surface area contributed by atoms with E-state index in [4.69, 9.17) is 19.1 Å². The van der Waals surface area contributed by atoms with Gasteiger partial charge in [-0.2, -0.15) is 0 Å². The fraction of sp³-hybridized carbons (Fsp3) is 0.682. The van der Waals surface area contributed by atoms with Crippen LogP contribution in [0.4, 0.5) is 0 Å². The lowest BCUT2D eigenvalue weighted by Gasteiger charge is -2.20. The van der Waals surface area contributed by atoms with Crippen molar-refractivity contribution >= 4 is 19.8 Å². The molecule has 12 heteroatoms. The summed E-state index contributed by atoms with van der Waals surface area (Å²) in [5.41, 5.74) is 0. The predicted octanol–water partition coefficient (Wildman–Crippen LogP) is 9.86. The van der Waals surface area contributed by atoms with Gasteiger partial charge in [-0.05, 0) is 77.0 Å². The van der Waals surface area contributed by atoms with Gasteiger partial charge in [0.1, 0.15) is 12.7 Å². The van der Waals surface area contributed by atoms with Crippen molar-refractivity contribution in [2.75, 3.05) is 26.4 Å². The second-order valence-corrected chi connectivity index (χ2v) is 15.3. The Kier molecular flexibility index (Phi) is 37.4. The molecule has 0 fully saturated rings. The zero-order valence-electron chi connectivity index (χ0n) is 34.4. The van der Waals surface area contributed by atoms with Crippen LogP contribution in [0.5, 0.6) is 0 Å². The van der Waals surface area contributed by atoms with Crippen LogP contribution < -0.4 is 0 Å². The lowest BCUT2D eigenvalue weighted by Crippen LogP contribution is -2.29. The van der Waals surface area contributed by atoms with Gasteiger partial charge in [0.15, 0.2) is 6.10 Å². The quantitative estimate of drug-likeness (QED) is 0.0154. The van der Waals surface area contributed by atoms with Crippen LogP contribution in [0.25, 0.3) is 0 Å². The van der Waals surface area contributed by atoms with Crippen LogP contribution >= 0.6 is 7.82 Å². The van der Waals surface area contributed by atoms with Gasteiger partial charge >= 0.3 is 19.8 Å². The Hall–Kier alpha value is -2.63. The molecule has 0 aliphatic heterocycles. The highest BCUT2D eigenvalue weighted by Crippen LogP contribution is 2.43. The fourth-order valence-electron chi connectivity index (χ4n) is 5.09. The van der Waals surface area contributed by atoms with Crippen molar-refractivity contribution in [3.8, 4) is 0 Å². The zero-order chi connectivity index (χ0) is 41.4. The van der Waals surface area contributed by atoms with E-state index in [1.165, 1.54) is 38.5 Å². The Morgan fingerprint density at radius 2 is 1.14 bits per heavy atom. The van der Waals surface area contributed by atoms with Crippen molar-refractivity contribution in [3.63, 3.8) is 0 Å². The average molecular weight is 811 g/mol. The molecule has 0 rings (SSSR count). The van der Waals surface area contributed by atoms with E-state index in [-0.39, 0.29) is 19.4 Å². The lowest BCUT2D eigenvalue weighted by atomic mass is 10.1. The van der Waals surface area contributed by atoms with E-state index in [0.29, 0.717) is 25.7 Å². The summed E-state index contributed by atoms with van der Waals surface area (Å²) < 4.78 is 32.5. The average Bonchev–Trinajstić information content (AvgIpc) is 3.18. The first kappa shape index (κ1) is 53.4. The van der Waals surface area contributed by atoms with E-state index in [9.17, 15) is 29.3 Å². The van der Waals surface area contributed by atoms with Crippen molar-refractivity contribution in [3.05, 3.63) is 72.9 Å². The lowest BCUT2D eigenvalue weighted by molar-refractivity contribution is -0.161. The molecular weight excluding hydrogens is 735 g/mol. The Morgan fingerprint density at radius 1 is 0.607 bits per heavy atom. The summed E-state index contributed by atoms with van der Waals surface area (Å²) in [4.78, 5) is 34.9. The van der Waals surface area contributed by atoms with Gasteiger partial charge in [0, 0.05) is 12.8 Å². The fourth-order valence-corrected chi connectivity index (χ4v) is 5.88. The summed E-state index contributed by atoms with van der Waals surface area (Å²) in [5, 5.41) is 28.4. The number of rotatable bonds is 38. The van der Waals surface area contributed by atoms with Crippen molar-refractivity contribution in [2.45, 2.75) is 167 Å². The number of phosphoric acid groups is 1. The molecule has 0 bridgehead atoms. The highest BCUT2D eigenvalue weighted by Gasteiger charge is 2.27. The SMILES string of the molecule is CCCCC/C=C\C/C=C\CCCCCCCC(=O)OC[C@H](COP(=O)(O)OC[C@@H](O)CO)OC(=O)CCC/C=C/C=C\C(O)C/C=C\C/C=C\CCCCC. The number of aliphatic hydroxyl groups excluding tert-OH is 3. The maximum atomic E-state index is 12.6. The minimum Gasteiger partial charge on any atom is -0.462 e. The first-order chi connectivity index (χ1) is 27.1. The number of phosphoric ester groups is 1. The number of carbonyl (C=O) groups is 2. The number of esters is 2. The summed E-state index contributed by atoms with van der Waals surface area (Å²) in [6.07, 6.45) is 40.4. The van der Waals surface area contributed by atoms with Gasteiger partial charge in [0.25, 0.3) is 0 Å². The molecule has 0 amide bonds. The summed E-state index contributed by atoms with van der Waals surface area (Å²) >= 11 is 0. The summed E-state index contributed by atoms with van der Waals surface area (Å²) in [7, 11) is -4.66. The van der Waals surface area contributed by atoms with Crippen LogP contribution in [0.1, 0.15) is 149 Å². The van der Waals surface area contributed by atoms with Crippen LogP contribution in [0.15, 0.2) is 72.9 Å². The Labute approximate surface area is 338 Å². The molecule has 0 aliphatic carbocycles. The van der Waals surface area contributed by atoms with E-state index >= 15 is 0 Å². The number of unbranched alkanes of at least 4 members (excludes halogenated alkanes) is 12. The first-order valence-electron chi connectivity index (χ1n) is 21.0. The Balaban J connectivity index is 4.55. The summed E-state index contributed by atoms with van der Waals surface area (Å²) in [5.74, 6) is -1.08. The first-order valence-corrected chi connectivity index (χ1v) is 22.5. The molecule has 4 atom stereocenters. The monoisotopic (exact) mass is 811 g/mol. The molecule has 2 unspecified atom stereocenters. The van der Waals surface area contributed by atoms with Crippen LogP contribution in [0.3, 0.4) is 0 Å². The molecule has 56 heavy (non-hydrogen) atoms. The molecule has 4 N–H and O–H groups in total. The zero-order valence-corrected chi connectivity index (χ0v) is 35.3. The van der Waals surface area contributed by atoms with Crippen molar-refractivity contribution < 1.29 is 52.9 Å². The normalized spacial score (nSPS) is 15.2. The van der Waals surface area contributed by atoms with Crippen LogP contribution in [0.2, 0.25) is 0 Å². The highest BCUT2D eigenvalue weighted by molar-refractivity contribution is 7.47. The van der Waals surface area contributed by atoms with E-state index in [1.54, 1.807) is 18.2 Å². The molecule has 0 saturated heterocycles. The Bertz CT molecular complexity index is 1180. The molecule has 0 heterocycles. The maximum absolute atomic E-state index is 12.6. The topological polar surface area (TPSA) is 169 Å². The minimum atomic E-state index is -4.66. The van der Waals surface area contributed by atoms with Crippen molar-refractivity contribution in [1.82, 2.24) is 0 Å². The smallest absolute Gasteiger partial charge is 0.462 e. The van der Waals surface area contributed by atoms with Crippen LogP contribution in [-0.4, -0.2) is 76.9 Å². The molecule has 0 spiro atoms. The summed E-state index contributed by atoms with van der Waals surface area (Å²) in [6.45, 7) is 2.12. The third-order valence-electron chi connectivity index (χ3n) is 8.41. The second-order valence-electron chi connectivity index (χ2n) is 13.9. The van der Waals surface area contributed by atoms with E-state index in [0.717, 1.165) is 57.8 Å². The maximum Gasteiger partial charge on any atom is 0.472 e. The molecule has 322 valence electrons. The molecule has 0 saturated carbocycles. The Morgan fingerprint density at radius 3 is 1.77 bits per heavy atom. The number of allylic oxidation sites excluding steroid dienone is 10. The van der Waals surface area contributed by atoms with Gasteiger partial charge in [-0.3, -0.25) is 18.6 Å². The molecule has 0 aromatic rings. The van der Waals surface area contributed by atoms with Gasteiger partial charge in [0.2, 0.25) is 0 Å². The molecular formula is C44H75O11P. The molecule has 0 aromatic carbocycles. The number of hydrogen-bond acceptors (Lipinski definition) is 10. The van der Waals surface area contributed by atoms with Crippen LogP contribution in [-0.2, 0) is 32.7 Å². The molecule has 0 aliphatic rings. The molecule has 11 nitrogen and oxygen atoms in total. The third-order valence-corrected chi connectivity index (χ3v) is 9.36. The van der Waals surface area contributed by atoms with Gasteiger partial charge < -0.3 is 29.7 Å². The number of ether oxygens (including phenoxy) is 2. The van der Waals surface area contributed by atoms with Gasteiger partial charge in [-0.25, -0.2) is 4.57 Å². The van der Waals surface area contributed by atoms with E-state index in [2.05, 4.69) is 54.8 Å². The standard InChI is InChI=1S/C44H75O11P/c1-3-5-7-9-11-13-14-15-16-17-18-20-22-26-30-34-43(48)52-38-42(39-54-56(50,51)53-37-41(47)36-45)55-44(49)35-31-27-23-25-29-33-40(46)32-28-24-21-19-12-10-8-6-4-2/h11-13,15-16,19,23-25,28-29,33,40-42,45-47H,3-10,14,17-18,20-22,26-27,30-32,34-39H2,1-2H3,(H,50,51)/b13-11-,16-15-,19-12-,25-23+,28-24-,33-29-/t40?,41-,42+/m0/s1. The highest BCUT2D eigenvalue weighted by atomic mass is 31.2.